The maximum Gasteiger partial charge on any atom is 0.124 e. The van der Waals surface area contributed by atoms with E-state index >= 15 is 0 Å². The maximum absolute atomic E-state index is 13.6. The summed E-state index contributed by atoms with van der Waals surface area (Å²) in [4.78, 5) is 4.30. The molecule has 2 N–H and O–H groups in total. The number of hydrogen-bond donors (Lipinski definition) is 1. The Morgan fingerprint density at radius 3 is 2.67 bits per heavy atom. The van der Waals surface area contributed by atoms with Gasteiger partial charge < -0.3 is 10.5 Å². The van der Waals surface area contributed by atoms with Crippen LogP contribution in [-0.4, -0.2) is 4.98 Å². The van der Waals surface area contributed by atoms with E-state index in [1.54, 1.807) is 12.3 Å². The molecule has 0 fully saturated rings. The van der Waals surface area contributed by atoms with Gasteiger partial charge in [0, 0.05) is 23.7 Å². The first-order valence-electron chi connectivity index (χ1n) is 6.71. The highest BCUT2D eigenvalue weighted by Gasteiger charge is 2.06. The number of hydrogen-bond acceptors (Lipinski definition) is 3. The SMILES string of the molecule is NCc1ccc(OCc2cc(F)cc3cccnc23)cc1. The van der Waals surface area contributed by atoms with E-state index in [4.69, 9.17) is 10.5 Å². The first kappa shape index (κ1) is 13.5. The summed E-state index contributed by atoms with van der Waals surface area (Å²) in [6.07, 6.45) is 1.69. The third kappa shape index (κ3) is 3.01. The van der Waals surface area contributed by atoms with E-state index in [-0.39, 0.29) is 12.4 Å². The van der Waals surface area contributed by atoms with Crippen LogP contribution in [0.25, 0.3) is 10.9 Å². The van der Waals surface area contributed by atoms with Gasteiger partial charge in [-0.15, -0.1) is 0 Å². The Morgan fingerprint density at radius 2 is 1.90 bits per heavy atom. The lowest BCUT2D eigenvalue weighted by atomic mass is 10.1. The molecule has 0 aliphatic heterocycles. The fourth-order valence-corrected chi connectivity index (χ4v) is 2.22. The van der Waals surface area contributed by atoms with Crippen molar-refractivity contribution in [3.63, 3.8) is 0 Å². The number of fused-ring (bicyclic) bond motifs is 1. The van der Waals surface area contributed by atoms with Gasteiger partial charge in [-0.05, 0) is 35.9 Å². The quantitative estimate of drug-likeness (QED) is 0.797. The Labute approximate surface area is 122 Å². The molecule has 0 aliphatic rings. The molecule has 0 bridgehead atoms. The number of rotatable bonds is 4. The lowest BCUT2D eigenvalue weighted by Crippen LogP contribution is -1.99. The monoisotopic (exact) mass is 282 g/mol. The second-order valence-electron chi connectivity index (χ2n) is 4.78. The van der Waals surface area contributed by atoms with E-state index in [0.717, 1.165) is 27.8 Å². The number of nitrogens with two attached hydrogens (primary N) is 1. The molecule has 3 nitrogen and oxygen atoms in total. The van der Waals surface area contributed by atoms with E-state index < -0.39 is 0 Å². The van der Waals surface area contributed by atoms with Crippen LogP contribution in [0.2, 0.25) is 0 Å². The Morgan fingerprint density at radius 1 is 1.10 bits per heavy atom. The molecule has 1 heterocycles. The second-order valence-corrected chi connectivity index (χ2v) is 4.78. The lowest BCUT2D eigenvalue weighted by molar-refractivity contribution is 0.307. The van der Waals surface area contributed by atoms with Crippen molar-refractivity contribution in [1.29, 1.82) is 0 Å². The molecule has 21 heavy (non-hydrogen) atoms. The molecule has 2 aromatic carbocycles. The highest BCUT2D eigenvalue weighted by atomic mass is 19.1. The molecule has 0 aliphatic carbocycles. The second kappa shape index (κ2) is 5.89. The van der Waals surface area contributed by atoms with Crippen molar-refractivity contribution in [3.8, 4) is 5.75 Å². The van der Waals surface area contributed by atoms with E-state index in [0.29, 0.717) is 6.54 Å². The van der Waals surface area contributed by atoms with E-state index in [9.17, 15) is 4.39 Å². The van der Waals surface area contributed by atoms with Gasteiger partial charge in [0.2, 0.25) is 0 Å². The number of ether oxygens (including phenoxy) is 1. The molecule has 0 atom stereocenters. The van der Waals surface area contributed by atoms with Crippen LogP contribution >= 0.6 is 0 Å². The molecule has 1 aromatic heterocycles. The van der Waals surface area contributed by atoms with Crippen LogP contribution in [0.15, 0.2) is 54.7 Å². The first-order chi connectivity index (χ1) is 10.3. The summed E-state index contributed by atoms with van der Waals surface area (Å²) in [5.74, 6) is 0.438. The smallest absolute Gasteiger partial charge is 0.124 e. The van der Waals surface area contributed by atoms with E-state index in [2.05, 4.69) is 4.98 Å². The van der Waals surface area contributed by atoms with Crippen molar-refractivity contribution in [2.24, 2.45) is 5.73 Å². The molecule has 0 saturated heterocycles. The van der Waals surface area contributed by atoms with Crippen molar-refractivity contribution in [2.75, 3.05) is 0 Å². The van der Waals surface area contributed by atoms with Gasteiger partial charge in [-0.1, -0.05) is 18.2 Å². The van der Waals surface area contributed by atoms with Crippen LogP contribution in [0.1, 0.15) is 11.1 Å². The Bertz CT molecular complexity index is 756. The third-order valence-electron chi connectivity index (χ3n) is 3.30. The van der Waals surface area contributed by atoms with Gasteiger partial charge in [0.15, 0.2) is 0 Å². The zero-order valence-electron chi connectivity index (χ0n) is 11.4. The summed E-state index contributed by atoms with van der Waals surface area (Å²) < 4.78 is 19.3. The summed E-state index contributed by atoms with van der Waals surface area (Å²) >= 11 is 0. The summed E-state index contributed by atoms with van der Waals surface area (Å²) in [5.41, 5.74) is 8.09. The van der Waals surface area contributed by atoms with Crippen molar-refractivity contribution in [1.82, 2.24) is 4.98 Å². The van der Waals surface area contributed by atoms with Gasteiger partial charge in [0.25, 0.3) is 0 Å². The highest BCUT2D eigenvalue weighted by molar-refractivity contribution is 5.81. The summed E-state index contributed by atoms with van der Waals surface area (Å²) in [6, 6.07) is 14.1. The van der Waals surface area contributed by atoms with Gasteiger partial charge in [-0.3, -0.25) is 4.98 Å². The molecule has 0 radical (unpaired) electrons. The molecular formula is C17H15FN2O. The molecule has 0 amide bonds. The van der Waals surface area contributed by atoms with Crippen LogP contribution in [0.4, 0.5) is 4.39 Å². The Kier molecular flexibility index (Phi) is 3.79. The normalized spacial score (nSPS) is 10.8. The molecule has 0 saturated carbocycles. The van der Waals surface area contributed by atoms with Crippen molar-refractivity contribution >= 4 is 10.9 Å². The number of benzene rings is 2. The third-order valence-corrected chi connectivity index (χ3v) is 3.30. The number of nitrogens with zero attached hydrogens (tertiary/aromatic N) is 1. The molecule has 3 aromatic rings. The predicted octanol–water partition coefficient (Wildman–Crippen LogP) is 3.41. The standard InChI is InChI=1S/C17H15FN2O/c18-15-8-13-2-1-7-20-17(13)14(9-15)11-21-16-5-3-12(10-19)4-6-16/h1-9H,10-11,19H2. The van der Waals surface area contributed by atoms with Gasteiger partial charge in [-0.25, -0.2) is 4.39 Å². The fraction of sp³-hybridized carbons (Fsp3) is 0.118. The number of halogens is 1. The highest BCUT2D eigenvalue weighted by Crippen LogP contribution is 2.21. The van der Waals surface area contributed by atoms with E-state index in [1.165, 1.54) is 12.1 Å². The van der Waals surface area contributed by atoms with Gasteiger partial charge in [-0.2, -0.15) is 0 Å². The number of aromatic nitrogens is 1. The zero-order valence-corrected chi connectivity index (χ0v) is 11.4. The average molecular weight is 282 g/mol. The van der Waals surface area contributed by atoms with Crippen molar-refractivity contribution in [3.05, 3.63) is 71.7 Å². The fourth-order valence-electron chi connectivity index (χ4n) is 2.22. The van der Waals surface area contributed by atoms with Crippen LogP contribution in [0, 0.1) is 5.82 Å². The first-order valence-corrected chi connectivity index (χ1v) is 6.71. The van der Waals surface area contributed by atoms with E-state index in [1.807, 2.05) is 30.3 Å². The van der Waals surface area contributed by atoms with Crippen molar-refractivity contribution < 1.29 is 9.13 Å². The average Bonchev–Trinajstić information content (AvgIpc) is 2.53. The Hall–Kier alpha value is -2.46. The maximum atomic E-state index is 13.6. The molecule has 0 spiro atoms. The number of pyridine rings is 1. The molecule has 4 heteroatoms. The summed E-state index contributed by atoms with van der Waals surface area (Å²) in [7, 11) is 0. The summed E-state index contributed by atoms with van der Waals surface area (Å²) in [5, 5.41) is 0.773. The zero-order chi connectivity index (χ0) is 14.7. The van der Waals surface area contributed by atoms with Gasteiger partial charge >= 0.3 is 0 Å². The lowest BCUT2D eigenvalue weighted by Gasteiger charge is -2.09. The van der Waals surface area contributed by atoms with Crippen LogP contribution in [-0.2, 0) is 13.2 Å². The largest absolute Gasteiger partial charge is 0.489 e. The minimum Gasteiger partial charge on any atom is -0.489 e. The minimum absolute atomic E-state index is 0.271. The molecular weight excluding hydrogens is 267 g/mol. The van der Waals surface area contributed by atoms with Crippen LogP contribution < -0.4 is 10.5 Å². The predicted molar refractivity (Wildman–Crippen MR) is 80.4 cm³/mol. The minimum atomic E-state index is -0.285. The van der Waals surface area contributed by atoms with Gasteiger partial charge in [0.1, 0.15) is 18.2 Å². The van der Waals surface area contributed by atoms with Gasteiger partial charge in [0.05, 0.1) is 5.52 Å². The molecule has 3 rings (SSSR count). The van der Waals surface area contributed by atoms with Crippen molar-refractivity contribution in [2.45, 2.75) is 13.2 Å². The van der Waals surface area contributed by atoms with Crippen LogP contribution in [0.3, 0.4) is 0 Å². The molecule has 0 unspecified atom stereocenters. The topological polar surface area (TPSA) is 48.1 Å². The van der Waals surface area contributed by atoms with Crippen LogP contribution in [0.5, 0.6) is 5.75 Å². The Balaban J connectivity index is 1.84. The summed E-state index contributed by atoms with van der Waals surface area (Å²) in [6.45, 7) is 0.770. The molecule has 106 valence electrons.